The van der Waals surface area contributed by atoms with Gasteiger partial charge in [-0.3, -0.25) is 4.21 Å². The molecular formula is C19H31ClIN3O2S. The molecule has 5 nitrogen and oxygen atoms in total. The summed E-state index contributed by atoms with van der Waals surface area (Å²) in [4.78, 5) is 4.60. The highest BCUT2D eigenvalue weighted by molar-refractivity contribution is 14.0. The lowest BCUT2D eigenvalue weighted by Gasteiger charge is -2.30. The zero-order valence-corrected chi connectivity index (χ0v) is 20.0. The van der Waals surface area contributed by atoms with Gasteiger partial charge in [0.2, 0.25) is 0 Å². The largest absolute Gasteiger partial charge is 0.492 e. The highest BCUT2D eigenvalue weighted by Gasteiger charge is 2.25. The molecule has 1 aromatic rings. The molecule has 2 rings (SSSR count). The fraction of sp³-hybridized carbons (Fsp3) is 0.632. The van der Waals surface area contributed by atoms with Gasteiger partial charge < -0.3 is 15.4 Å². The van der Waals surface area contributed by atoms with Crippen molar-refractivity contribution in [2.24, 2.45) is 4.99 Å². The minimum Gasteiger partial charge on any atom is -0.492 e. The molecule has 2 N–H and O–H groups in total. The van der Waals surface area contributed by atoms with E-state index in [1.54, 1.807) is 0 Å². The number of hydrogen-bond acceptors (Lipinski definition) is 3. The van der Waals surface area contributed by atoms with Crippen LogP contribution >= 0.6 is 35.6 Å². The van der Waals surface area contributed by atoms with Crippen LogP contribution in [0.2, 0.25) is 5.02 Å². The molecule has 154 valence electrons. The number of ether oxygens (including phenoxy) is 1. The van der Waals surface area contributed by atoms with Crippen LogP contribution in [0.5, 0.6) is 5.75 Å². The van der Waals surface area contributed by atoms with E-state index in [-0.39, 0.29) is 24.0 Å². The summed E-state index contributed by atoms with van der Waals surface area (Å²) < 4.78 is 17.8. The van der Waals surface area contributed by atoms with Crippen LogP contribution in [0.15, 0.2) is 29.3 Å². The quantitative estimate of drug-likeness (QED) is 0.232. The molecule has 0 radical (unpaired) electrons. The standard InChI is InChI=1S/C19H30ClN3O2S.HI/c1-3-21-19(22-12-13-25-17-10-8-15(20)9-11-17)23-16-6-5-7-18(14-16)26(24)4-2;/h8-11,16,18H,3-7,12-14H2,1-2H3,(H2,21,22,23);1H. The highest BCUT2D eigenvalue weighted by atomic mass is 127. The summed E-state index contributed by atoms with van der Waals surface area (Å²) in [5.74, 6) is 2.34. The van der Waals surface area contributed by atoms with Gasteiger partial charge in [0.1, 0.15) is 12.4 Å². The number of hydrogen-bond donors (Lipinski definition) is 2. The van der Waals surface area contributed by atoms with Crippen LogP contribution in [0.1, 0.15) is 39.5 Å². The number of nitrogens with zero attached hydrogens (tertiary/aromatic N) is 1. The summed E-state index contributed by atoms with van der Waals surface area (Å²) in [6.45, 7) is 5.93. The Bertz CT molecular complexity index is 601. The topological polar surface area (TPSA) is 62.7 Å². The molecule has 8 heteroatoms. The Labute approximate surface area is 187 Å². The average Bonchev–Trinajstić information content (AvgIpc) is 2.66. The Morgan fingerprint density at radius 2 is 2.04 bits per heavy atom. The van der Waals surface area contributed by atoms with Gasteiger partial charge in [-0.25, -0.2) is 4.99 Å². The van der Waals surface area contributed by atoms with Gasteiger partial charge in [0.25, 0.3) is 0 Å². The summed E-state index contributed by atoms with van der Waals surface area (Å²) >= 11 is 5.87. The molecule has 0 aliphatic heterocycles. The second kappa shape index (κ2) is 13.6. The molecule has 1 saturated carbocycles. The van der Waals surface area contributed by atoms with E-state index in [0.29, 0.717) is 29.5 Å². The van der Waals surface area contributed by atoms with Gasteiger partial charge >= 0.3 is 0 Å². The first kappa shape index (κ1) is 24.5. The number of rotatable bonds is 8. The molecule has 0 saturated heterocycles. The van der Waals surface area contributed by atoms with Crippen LogP contribution in [0.4, 0.5) is 0 Å². The third kappa shape index (κ3) is 9.00. The van der Waals surface area contributed by atoms with Crippen molar-refractivity contribution in [1.29, 1.82) is 0 Å². The fourth-order valence-corrected chi connectivity index (χ4v) is 4.59. The third-order valence-electron chi connectivity index (χ3n) is 4.41. The van der Waals surface area contributed by atoms with Crippen molar-refractivity contribution in [3.63, 3.8) is 0 Å². The van der Waals surface area contributed by atoms with Crippen LogP contribution in [0.3, 0.4) is 0 Å². The van der Waals surface area contributed by atoms with E-state index < -0.39 is 10.8 Å². The maximum absolute atomic E-state index is 12.1. The molecule has 3 atom stereocenters. The van der Waals surface area contributed by atoms with E-state index in [0.717, 1.165) is 49.7 Å². The van der Waals surface area contributed by atoms with Crippen molar-refractivity contribution >= 4 is 52.3 Å². The second-order valence-corrected chi connectivity index (χ2v) is 8.80. The average molecular weight is 528 g/mol. The smallest absolute Gasteiger partial charge is 0.191 e. The van der Waals surface area contributed by atoms with E-state index in [1.165, 1.54) is 0 Å². The fourth-order valence-electron chi connectivity index (χ4n) is 3.12. The molecule has 1 aliphatic rings. The zero-order chi connectivity index (χ0) is 18.8. The Morgan fingerprint density at radius 3 is 2.70 bits per heavy atom. The van der Waals surface area contributed by atoms with Gasteiger partial charge in [-0.15, -0.1) is 24.0 Å². The van der Waals surface area contributed by atoms with Crippen LogP contribution in [-0.2, 0) is 10.8 Å². The third-order valence-corrected chi connectivity index (χ3v) is 6.40. The number of aliphatic imine (C=N–C) groups is 1. The first-order chi connectivity index (χ1) is 12.6. The van der Waals surface area contributed by atoms with Crippen molar-refractivity contribution < 1.29 is 8.95 Å². The zero-order valence-electron chi connectivity index (χ0n) is 16.1. The van der Waals surface area contributed by atoms with Gasteiger partial charge in [0, 0.05) is 39.4 Å². The molecule has 1 fully saturated rings. The van der Waals surface area contributed by atoms with Gasteiger partial charge in [0.05, 0.1) is 6.54 Å². The summed E-state index contributed by atoms with van der Waals surface area (Å²) in [5.41, 5.74) is 0. The van der Waals surface area contributed by atoms with Crippen LogP contribution in [0.25, 0.3) is 0 Å². The van der Waals surface area contributed by atoms with Crippen LogP contribution in [-0.4, -0.2) is 46.9 Å². The molecule has 0 spiro atoms. The van der Waals surface area contributed by atoms with Crippen LogP contribution < -0.4 is 15.4 Å². The van der Waals surface area contributed by atoms with Crippen molar-refractivity contribution in [1.82, 2.24) is 10.6 Å². The molecule has 0 amide bonds. The Hall–Kier alpha value is -0.540. The second-order valence-electron chi connectivity index (χ2n) is 6.36. The number of guanidine groups is 1. The first-order valence-electron chi connectivity index (χ1n) is 9.42. The predicted octanol–water partition coefficient (Wildman–Crippen LogP) is 3.97. The predicted molar refractivity (Wildman–Crippen MR) is 126 cm³/mol. The molecule has 3 unspecified atom stereocenters. The Morgan fingerprint density at radius 1 is 1.30 bits per heavy atom. The Kier molecular flexibility index (Phi) is 12.3. The van der Waals surface area contributed by atoms with Crippen molar-refractivity contribution in [2.75, 3.05) is 25.4 Å². The number of benzene rings is 1. The van der Waals surface area contributed by atoms with Crippen LogP contribution in [0, 0.1) is 0 Å². The molecule has 0 heterocycles. The minimum atomic E-state index is -0.712. The maximum Gasteiger partial charge on any atom is 0.191 e. The maximum atomic E-state index is 12.1. The van der Waals surface area contributed by atoms with Gasteiger partial charge in [0.15, 0.2) is 5.96 Å². The van der Waals surface area contributed by atoms with Gasteiger partial charge in [-0.2, -0.15) is 0 Å². The first-order valence-corrected chi connectivity index (χ1v) is 11.2. The lowest BCUT2D eigenvalue weighted by atomic mass is 9.95. The van der Waals surface area contributed by atoms with E-state index in [4.69, 9.17) is 16.3 Å². The molecule has 0 aromatic heterocycles. The van der Waals surface area contributed by atoms with E-state index in [1.807, 2.05) is 31.2 Å². The monoisotopic (exact) mass is 527 g/mol. The van der Waals surface area contributed by atoms with Crippen molar-refractivity contribution in [3.05, 3.63) is 29.3 Å². The van der Waals surface area contributed by atoms with Gasteiger partial charge in [-0.1, -0.05) is 24.9 Å². The SMILES string of the molecule is CCNC(=NCCOc1ccc(Cl)cc1)NC1CCCC(S(=O)CC)C1.I. The van der Waals surface area contributed by atoms with Gasteiger partial charge in [-0.05, 0) is 50.5 Å². The van der Waals surface area contributed by atoms with E-state index >= 15 is 0 Å². The number of halogens is 2. The Balaban J connectivity index is 0.00000364. The molecule has 1 aromatic carbocycles. The number of nitrogens with one attached hydrogen (secondary N) is 2. The molecule has 1 aliphatic carbocycles. The summed E-state index contributed by atoms with van der Waals surface area (Å²) in [7, 11) is -0.712. The summed E-state index contributed by atoms with van der Waals surface area (Å²) in [5, 5.41) is 7.79. The van der Waals surface area contributed by atoms with E-state index in [9.17, 15) is 4.21 Å². The van der Waals surface area contributed by atoms with Crippen molar-refractivity contribution in [2.45, 2.75) is 50.8 Å². The molecular weight excluding hydrogens is 497 g/mol. The highest BCUT2D eigenvalue weighted by Crippen LogP contribution is 2.23. The molecule has 0 bridgehead atoms. The normalized spacial score (nSPS) is 21.1. The lowest BCUT2D eigenvalue weighted by Crippen LogP contribution is -2.46. The van der Waals surface area contributed by atoms with E-state index in [2.05, 4.69) is 22.5 Å². The summed E-state index contributed by atoms with van der Waals surface area (Å²) in [6, 6.07) is 7.66. The summed E-state index contributed by atoms with van der Waals surface area (Å²) in [6.07, 6.45) is 4.24. The minimum absolute atomic E-state index is 0. The molecule has 27 heavy (non-hydrogen) atoms. The lowest BCUT2D eigenvalue weighted by molar-refractivity contribution is 0.328. The van der Waals surface area contributed by atoms with Crippen molar-refractivity contribution in [3.8, 4) is 5.75 Å².